The van der Waals surface area contributed by atoms with Crippen molar-refractivity contribution in [2.75, 3.05) is 12.1 Å². The number of nitrogens with one attached hydrogen (secondary N) is 1. The Morgan fingerprint density at radius 1 is 1.03 bits per heavy atom. The van der Waals surface area contributed by atoms with Gasteiger partial charge in [-0.05, 0) is 66.9 Å². The molecule has 1 aromatic heterocycles. The second-order valence-corrected chi connectivity index (χ2v) is 7.23. The molecule has 0 radical (unpaired) electrons. The van der Waals surface area contributed by atoms with Crippen LogP contribution in [0.15, 0.2) is 59.0 Å². The SMILES string of the molecule is CCc1ccc2oc(-c3ccc(C)c(NC(=O)c4ccc5c(c4)OCO5)c3)nc2c1. The Bertz CT molecular complexity index is 1280. The highest BCUT2D eigenvalue weighted by molar-refractivity contribution is 6.05. The van der Waals surface area contributed by atoms with Gasteiger partial charge >= 0.3 is 0 Å². The van der Waals surface area contributed by atoms with E-state index < -0.39 is 0 Å². The van der Waals surface area contributed by atoms with Gasteiger partial charge in [0.1, 0.15) is 5.52 Å². The number of hydrogen-bond donors (Lipinski definition) is 1. The van der Waals surface area contributed by atoms with E-state index in [1.54, 1.807) is 18.2 Å². The number of aryl methyl sites for hydroxylation is 2. The van der Waals surface area contributed by atoms with Crippen molar-refractivity contribution in [3.8, 4) is 23.0 Å². The lowest BCUT2D eigenvalue weighted by atomic mass is 10.1. The maximum absolute atomic E-state index is 12.8. The van der Waals surface area contributed by atoms with Gasteiger partial charge in [-0.1, -0.05) is 19.1 Å². The molecule has 6 nitrogen and oxygen atoms in total. The molecule has 0 saturated heterocycles. The first-order valence-electron chi connectivity index (χ1n) is 9.82. The van der Waals surface area contributed by atoms with E-state index in [0.29, 0.717) is 28.6 Å². The van der Waals surface area contributed by atoms with Crippen molar-refractivity contribution < 1.29 is 18.7 Å². The molecule has 0 fully saturated rings. The number of hydrogen-bond acceptors (Lipinski definition) is 5. The fourth-order valence-corrected chi connectivity index (χ4v) is 3.44. The molecule has 4 aromatic rings. The monoisotopic (exact) mass is 400 g/mol. The molecule has 150 valence electrons. The number of benzene rings is 3. The summed E-state index contributed by atoms with van der Waals surface area (Å²) in [7, 11) is 0. The molecule has 1 aliphatic rings. The molecule has 30 heavy (non-hydrogen) atoms. The van der Waals surface area contributed by atoms with Crippen LogP contribution in [0.5, 0.6) is 11.5 Å². The van der Waals surface area contributed by atoms with Crippen molar-refractivity contribution in [1.29, 1.82) is 0 Å². The second kappa shape index (κ2) is 7.22. The van der Waals surface area contributed by atoms with Gasteiger partial charge in [0.2, 0.25) is 12.7 Å². The lowest BCUT2D eigenvalue weighted by Gasteiger charge is -2.10. The topological polar surface area (TPSA) is 73.6 Å². The van der Waals surface area contributed by atoms with E-state index in [2.05, 4.69) is 17.2 Å². The smallest absolute Gasteiger partial charge is 0.255 e. The van der Waals surface area contributed by atoms with Crippen molar-refractivity contribution in [2.45, 2.75) is 20.3 Å². The van der Waals surface area contributed by atoms with Gasteiger partial charge in [0.25, 0.3) is 5.91 Å². The predicted molar refractivity (Wildman–Crippen MR) is 114 cm³/mol. The average Bonchev–Trinajstić information content (AvgIpc) is 3.40. The molecule has 6 heteroatoms. The van der Waals surface area contributed by atoms with Gasteiger partial charge in [-0.2, -0.15) is 0 Å². The van der Waals surface area contributed by atoms with Crippen LogP contribution >= 0.6 is 0 Å². The average molecular weight is 400 g/mol. The van der Waals surface area contributed by atoms with Crippen molar-refractivity contribution in [2.24, 2.45) is 0 Å². The lowest BCUT2D eigenvalue weighted by molar-refractivity contribution is 0.102. The summed E-state index contributed by atoms with van der Waals surface area (Å²) in [6.07, 6.45) is 0.943. The highest BCUT2D eigenvalue weighted by atomic mass is 16.7. The van der Waals surface area contributed by atoms with E-state index in [1.807, 2.05) is 43.3 Å². The van der Waals surface area contributed by atoms with Crippen LogP contribution < -0.4 is 14.8 Å². The first kappa shape index (κ1) is 18.2. The molecule has 0 bridgehead atoms. The van der Waals surface area contributed by atoms with E-state index in [-0.39, 0.29) is 12.7 Å². The molecule has 1 aliphatic heterocycles. The highest BCUT2D eigenvalue weighted by Gasteiger charge is 2.17. The van der Waals surface area contributed by atoms with Crippen LogP contribution in [0.3, 0.4) is 0 Å². The summed E-state index contributed by atoms with van der Waals surface area (Å²) in [4.78, 5) is 17.4. The van der Waals surface area contributed by atoms with Crippen LogP contribution in [-0.2, 0) is 6.42 Å². The lowest BCUT2D eigenvalue weighted by Crippen LogP contribution is -2.12. The molecular weight excluding hydrogens is 380 g/mol. The molecule has 0 aliphatic carbocycles. The van der Waals surface area contributed by atoms with Gasteiger partial charge in [0, 0.05) is 16.8 Å². The fraction of sp³-hybridized carbons (Fsp3) is 0.167. The fourth-order valence-electron chi connectivity index (χ4n) is 3.44. The van der Waals surface area contributed by atoms with Crippen molar-refractivity contribution >= 4 is 22.7 Å². The van der Waals surface area contributed by atoms with Crippen LogP contribution in [-0.4, -0.2) is 17.7 Å². The molecule has 5 rings (SSSR count). The maximum Gasteiger partial charge on any atom is 0.255 e. The van der Waals surface area contributed by atoms with Crippen LogP contribution in [0.2, 0.25) is 0 Å². The van der Waals surface area contributed by atoms with Gasteiger partial charge in [-0.15, -0.1) is 0 Å². The Morgan fingerprint density at radius 2 is 1.90 bits per heavy atom. The number of nitrogens with zero attached hydrogens (tertiary/aromatic N) is 1. The molecule has 0 atom stereocenters. The molecule has 0 spiro atoms. The number of ether oxygens (including phenoxy) is 2. The van der Waals surface area contributed by atoms with E-state index in [9.17, 15) is 4.79 Å². The first-order valence-corrected chi connectivity index (χ1v) is 9.82. The van der Waals surface area contributed by atoms with Gasteiger partial charge in [0.05, 0.1) is 0 Å². The number of carbonyl (C=O) groups excluding carboxylic acids is 1. The minimum absolute atomic E-state index is 0.172. The third-order valence-corrected chi connectivity index (χ3v) is 5.23. The number of oxazole rings is 1. The van der Waals surface area contributed by atoms with Gasteiger partial charge in [-0.3, -0.25) is 4.79 Å². The molecule has 1 amide bonds. The standard InChI is InChI=1S/C24H20N2O4/c1-3-15-5-8-20-19(10-15)26-24(30-20)17-6-4-14(2)18(11-17)25-23(27)16-7-9-21-22(12-16)29-13-28-21/h4-12H,3,13H2,1-2H3,(H,25,27). The zero-order valence-electron chi connectivity index (χ0n) is 16.7. The summed E-state index contributed by atoms with van der Waals surface area (Å²) in [6, 6.07) is 16.9. The summed E-state index contributed by atoms with van der Waals surface area (Å²) >= 11 is 0. The molecule has 0 unspecified atom stereocenters. The first-order chi connectivity index (χ1) is 14.6. The zero-order valence-corrected chi connectivity index (χ0v) is 16.7. The third-order valence-electron chi connectivity index (χ3n) is 5.23. The van der Waals surface area contributed by atoms with Gasteiger partial charge in [-0.25, -0.2) is 4.98 Å². The molecule has 3 aromatic carbocycles. The number of amides is 1. The number of rotatable bonds is 4. The molecule has 1 N–H and O–H groups in total. The predicted octanol–water partition coefficient (Wildman–Crippen LogP) is 5.35. The Balaban J connectivity index is 1.44. The quantitative estimate of drug-likeness (QED) is 0.500. The largest absolute Gasteiger partial charge is 0.454 e. The van der Waals surface area contributed by atoms with E-state index in [1.165, 1.54) is 5.56 Å². The molecule has 0 saturated carbocycles. The summed E-state index contributed by atoms with van der Waals surface area (Å²) in [6.45, 7) is 4.22. The van der Waals surface area contributed by atoms with Crippen molar-refractivity contribution in [1.82, 2.24) is 4.98 Å². The minimum Gasteiger partial charge on any atom is -0.454 e. The minimum atomic E-state index is -0.223. The summed E-state index contributed by atoms with van der Waals surface area (Å²) < 4.78 is 16.6. The third kappa shape index (κ3) is 3.26. The van der Waals surface area contributed by atoms with E-state index in [0.717, 1.165) is 28.6 Å². The number of anilines is 1. The summed E-state index contributed by atoms with van der Waals surface area (Å²) in [5.74, 6) is 1.52. The summed E-state index contributed by atoms with van der Waals surface area (Å²) in [5, 5.41) is 2.98. The highest BCUT2D eigenvalue weighted by Crippen LogP contribution is 2.33. The number of aromatic nitrogens is 1. The van der Waals surface area contributed by atoms with Crippen molar-refractivity contribution in [3.05, 3.63) is 71.3 Å². The maximum atomic E-state index is 12.8. The number of fused-ring (bicyclic) bond motifs is 2. The van der Waals surface area contributed by atoms with Gasteiger partial charge < -0.3 is 19.2 Å². The van der Waals surface area contributed by atoms with Crippen LogP contribution in [0.4, 0.5) is 5.69 Å². The van der Waals surface area contributed by atoms with E-state index in [4.69, 9.17) is 13.9 Å². The zero-order chi connectivity index (χ0) is 20.7. The Hall–Kier alpha value is -3.80. The van der Waals surface area contributed by atoms with E-state index >= 15 is 0 Å². The van der Waals surface area contributed by atoms with Crippen LogP contribution in [0, 0.1) is 6.92 Å². The van der Waals surface area contributed by atoms with Crippen molar-refractivity contribution in [3.63, 3.8) is 0 Å². The number of carbonyl (C=O) groups is 1. The summed E-state index contributed by atoms with van der Waals surface area (Å²) in [5.41, 5.74) is 5.73. The van der Waals surface area contributed by atoms with Gasteiger partial charge in [0.15, 0.2) is 17.1 Å². The normalized spacial score (nSPS) is 12.3. The van der Waals surface area contributed by atoms with Crippen LogP contribution in [0.25, 0.3) is 22.6 Å². The molecular formula is C24H20N2O4. The Kier molecular flexibility index (Phi) is 4.39. The Morgan fingerprint density at radius 3 is 2.77 bits per heavy atom. The molecule has 2 heterocycles. The Labute approximate surface area is 173 Å². The second-order valence-electron chi connectivity index (χ2n) is 7.23. The van der Waals surface area contributed by atoms with Crippen LogP contribution in [0.1, 0.15) is 28.4 Å².